The van der Waals surface area contributed by atoms with Crippen LogP contribution in [0, 0.1) is 0 Å². The molecule has 0 spiro atoms. The smallest absolute Gasteiger partial charge is 0.248 e. The highest BCUT2D eigenvalue weighted by atomic mass is 16.4. The molecule has 3 heterocycles. The zero-order chi connectivity index (χ0) is 26.3. The van der Waals surface area contributed by atoms with Crippen molar-refractivity contribution >= 4 is 0 Å². The Morgan fingerprint density at radius 1 is 0.622 bits per heavy atom. The van der Waals surface area contributed by atoms with Gasteiger partial charge in [0.1, 0.15) is 0 Å². The summed E-state index contributed by atoms with van der Waals surface area (Å²) < 4.78 is 16.3. The van der Waals surface area contributed by atoms with E-state index in [1.54, 1.807) is 0 Å². The molecule has 16 nitrogen and oxygen atoms in total. The molecule has 0 atom stereocenters. The van der Waals surface area contributed by atoms with E-state index in [4.69, 9.17) is 13.3 Å². The van der Waals surface area contributed by atoms with Crippen molar-refractivity contribution in [2.75, 3.05) is 0 Å². The van der Waals surface area contributed by atoms with Gasteiger partial charge in [-0.1, -0.05) is 0 Å². The molecule has 3 aromatic heterocycles. The topological polar surface area (TPSA) is 258 Å². The van der Waals surface area contributed by atoms with Crippen LogP contribution in [0.5, 0.6) is 34.5 Å². The van der Waals surface area contributed by atoms with Crippen LogP contribution in [-0.2, 0) is 18.4 Å². The second-order valence-electron chi connectivity index (χ2n) is 7.86. The van der Waals surface area contributed by atoms with E-state index < -0.39 is 40.1 Å². The number of rotatable bonds is 7. The Labute approximate surface area is 204 Å². The van der Waals surface area contributed by atoms with Crippen LogP contribution >= 0.6 is 0 Å². The Morgan fingerprint density at radius 3 is 1.43 bits per heavy atom. The molecule has 0 saturated carbocycles. The first-order chi connectivity index (χ1) is 17.6. The van der Waals surface area contributed by atoms with Crippen LogP contribution in [-0.4, -0.2) is 66.3 Å². The van der Waals surface area contributed by atoms with Crippen molar-refractivity contribution in [1.82, 2.24) is 30.6 Å². The molecule has 37 heavy (non-hydrogen) atoms. The molecular formula is C21H16N6O10. The Balaban J connectivity index is 1.43. The fraction of sp³-hybridized carbons (Fsp3) is 0.143. The van der Waals surface area contributed by atoms with E-state index in [0.29, 0.717) is 0 Å². The van der Waals surface area contributed by atoms with Crippen LogP contribution in [0.4, 0.5) is 0 Å². The lowest BCUT2D eigenvalue weighted by atomic mass is 9.95. The lowest BCUT2D eigenvalue weighted by molar-refractivity contribution is -0.00142. The molecule has 0 aliphatic heterocycles. The molecule has 0 radical (unpaired) electrons. The third-order valence-corrected chi connectivity index (χ3v) is 5.21. The van der Waals surface area contributed by atoms with Gasteiger partial charge in [-0.15, -0.1) is 30.6 Å². The van der Waals surface area contributed by atoms with Gasteiger partial charge in [-0.3, -0.25) is 0 Å². The van der Waals surface area contributed by atoms with Crippen LogP contribution in [0.2, 0.25) is 0 Å². The number of aromatic hydroxyl groups is 6. The number of benzene rings is 2. The van der Waals surface area contributed by atoms with Crippen molar-refractivity contribution in [2.24, 2.45) is 0 Å². The minimum atomic E-state index is -1.98. The standard InChI is InChI=1S/C21H16N6O10/c28-10-1-8(2-11(29)16(10)32)18-25-23-14(36-18)5-21(34,20-27-22-7-35-20)6-15-24-26-19(37-15)9-3-12(30)17(33)13(31)4-9/h1-4,7,28-34H,5-6H2. The second kappa shape index (κ2) is 8.68. The summed E-state index contributed by atoms with van der Waals surface area (Å²) in [6, 6.07) is 4.37. The minimum Gasteiger partial charge on any atom is -0.504 e. The number of aromatic nitrogens is 6. The summed E-state index contributed by atoms with van der Waals surface area (Å²) in [5.74, 6) is -4.63. The van der Waals surface area contributed by atoms with E-state index in [-0.39, 0.29) is 53.4 Å². The van der Waals surface area contributed by atoms with Crippen LogP contribution in [0.1, 0.15) is 17.7 Å². The predicted molar refractivity (Wildman–Crippen MR) is 115 cm³/mol. The number of phenols is 6. The first-order valence-corrected chi connectivity index (χ1v) is 10.3. The lowest BCUT2D eigenvalue weighted by Crippen LogP contribution is -2.32. The van der Waals surface area contributed by atoms with Crippen LogP contribution in [0.25, 0.3) is 22.9 Å². The van der Waals surface area contributed by atoms with Crippen molar-refractivity contribution in [3.05, 3.63) is 48.3 Å². The van der Waals surface area contributed by atoms with Gasteiger partial charge in [0.25, 0.3) is 0 Å². The quantitative estimate of drug-likeness (QED) is 0.150. The maximum Gasteiger partial charge on any atom is 0.248 e. The Bertz CT molecular complexity index is 1430. The Kier molecular flexibility index (Phi) is 5.48. The summed E-state index contributed by atoms with van der Waals surface area (Å²) in [5.41, 5.74) is -1.80. The van der Waals surface area contributed by atoms with Crippen molar-refractivity contribution in [3.8, 4) is 57.4 Å². The Hall–Kier alpha value is -5.38. The van der Waals surface area contributed by atoms with E-state index in [1.807, 2.05) is 0 Å². The molecule has 0 aliphatic rings. The SMILES string of the molecule is Oc1cc(-c2nnc(CC(O)(Cc3nnc(-c4cc(O)c(O)c(O)c4)o3)c3nnco3)o2)cc(O)c1O. The van der Waals surface area contributed by atoms with Gasteiger partial charge < -0.3 is 49.0 Å². The maximum absolute atomic E-state index is 11.4. The summed E-state index contributed by atoms with van der Waals surface area (Å²) in [4.78, 5) is 0. The third kappa shape index (κ3) is 4.39. The average Bonchev–Trinajstić information content (AvgIpc) is 3.62. The van der Waals surface area contributed by atoms with Gasteiger partial charge in [-0.05, 0) is 24.3 Å². The second-order valence-corrected chi connectivity index (χ2v) is 7.86. The Morgan fingerprint density at radius 2 is 1.05 bits per heavy atom. The summed E-state index contributed by atoms with van der Waals surface area (Å²) in [6.07, 6.45) is 0.232. The zero-order valence-electron chi connectivity index (χ0n) is 18.3. The van der Waals surface area contributed by atoms with E-state index in [1.165, 1.54) is 0 Å². The predicted octanol–water partition coefficient (Wildman–Crippen LogP) is 1.08. The van der Waals surface area contributed by atoms with E-state index in [9.17, 15) is 35.7 Å². The van der Waals surface area contributed by atoms with Gasteiger partial charge in [0.2, 0.25) is 35.8 Å². The fourth-order valence-corrected chi connectivity index (χ4v) is 3.43. The number of phenolic OH excluding ortho intramolecular Hbond substituents is 6. The molecule has 0 unspecified atom stereocenters. The van der Waals surface area contributed by atoms with Crippen LogP contribution in [0.3, 0.4) is 0 Å². The highest BCUT2D eigenvalue weighted by Gasteiger charge is 2.39. The van der Waals surface area contributed by atoms with Crippen molar-refractivity contribution < 1.29 is 49.0 Å². The van der Waals surface area contributed by atoms with E-state index in [2.05, 4.69) is 30.6 Å². The van der Waals surface area contributed by atoms with Crippen molar-refractivity contribution in [3.63, 3.8) is 0 Å². The molecule has 0 bridgehead atoms. The summed E-state index contributed by atoms with van der Waals surface area (Å²) in [6.45, 7) is 0. The largest absolute Gasteiger partial charge is 0.504 e. The number of hydrogen-bond donors (Lipinski definition) is 7. The van der Waals surface area contributed by atoms with E-state index >= 15 is 0 Å². The van der Waals surface area contributed by atoms with Gasteiger partial charge in [0.05, 0.1) is 12.8 Å². The van der Waals surface area contributed by atoms with Gasteiger partial charge in [-0.25, -0.2) is 0 Å². The van der Waals surface area contributed by atoms with Crippen molar-refractivity contribution in [2.45, 2.75) is 18.4 Å². The fourth-order valence-electron chi connectivity index (χ4n) is 3.43. The summed E-state index contributed by atoms with van der Waals surface area (Å²) in [7, 11) is 0. The zero-order valence-corrected chi connectivity index (χ0v) is 18.3. The molecule has 5 rings (SSSR count). The first kappa shape index (κ1) is 23.4. The summed E-state index contributed by atoms with van der Waals surface area (Å²) >= 11 is 0. The van der Waals surface area contributed by atoms with Gasteiger partial charge in [0.15, 0.2) is 40.1 Å². The highest BCUT2D eigenvalue weighted by Crippen LogP contribution is 2.40. The van der Waals surface area contributed by atoms with Gasteiger partial charge >= 0.3 is 0 Å². The minimum absolute atomic E-state index is 0.0924. The lowest BCUT2D eigenvalue weighted by Gasteiger charge is -2.20. The van der Waals surface area contributed by atoms with Gasteiger partial charge in [0, 0.05) is 11.1 Å². The first-order valence-electron chi connectivity index (χ1n) is 10.3. The third-order valence-electron chi connectivity index (χ3n) is 5.21. The van der Waals surface area contributed by atoms with Gasteiger partial charge in [-0.2, -0.15) is 0 Å². The molecule has 5 aromatic rings. The molecule has 0 saturated heterocycles. The molecule has 16 heteroatoms. The molecule has 0 fully saturated rings. The maximum atomic E-state index is 11.4. The molecule has 190 valence electrons. The average molecular weight is 512 g/mol. The highest BCUT2D eigenvalue weighted by molar-refractivity contribution is 5.65. The number of nitrogens with zero attached hydrogens (tertiary/aromatic N) is 6. The summed E-state index contributed by atoms with van der Waals surface area (Å²) in [5, 5.41) is 92.0. The number of hydrogen-bond acceptors (Lipinski definition) is 16. The molecule has 0 amide bonds. The van der Waals surface area contributed by atoms with Crippen molar-refractivity contribution in [1.29, 1.82) is 0 Å². The molecule has 2 aromatic carbocycles. The molecular weight excluding hydrogens is 496 g/mol. The molecule has 7 N–H and O–H groups in total. The monoisotopic (exact) mass is 512 g/mol. The normalized spacial score (nSPS) is 11.7. The van der Waals surface area contributed by atoms with E-state index in [0.717, 1.165) is 30.7 Å². The molecule has 0 aliphatic carbocycles. The van der Waals surface area contributed by atoms with Crippen LogP contribution in [0.15, 0.2) is 43.9 Å². The number of aliphatic hydroxyl groups is 1. The van der Waals surface area contributed by atoms with Crippen LogP contribution < -0.4 is 0 Å².